The lowest BCUT2D eigenvalue weighted by Crippen LogP contribution is -2.48. The minimum Gasteiger partial charge on any atom is -0.466 e. The summed E-state index contributed by atoms with van der Waals surface area (Å²) < 4.78 is 16.5. The van der Waals surface area contributed by atoms with Crippen LogP contribution < -0.4 is 0 Å². The first-order valence-electron chi connectivity index (χ1n) is 6.98. The maximum Gasteiger partial charge on any atom is 0.313 e. The fourth-order valence-electron chi connectivity index (χ4n) is 2.20. The SMILES string of the molecule is CCCCC[C@H]1OC(C)(C)OC[C@H]1C(=O)OCC. The molecule has 1 aliphatic rings. The molecule has 1 rings (SSSR count). The lowest BCUT2D eigenvalue weighted by atomic mass is 9.96. The fourth-order valence-corrected chi connectivity index (χ4v) is 2.20. The molecule has 0 unspecified atom stereocenters. The molecular weight excluding hydrogens is 232 g/mol. The predicted octanol–water partition coefficient (Wildman–Crippen LogP) is 2.90. The first kappa shape index (κ1) is 15.4. The lowest BCUT2D eigenvalue weighted by Gasteiger charge is -2.40. The summed E-state index contributed by atoms with van der Waals surface area (Å²) in [5.41, 5.74) is 0. The van der Waals surface area contributed by atoms with Gasteiger partial charge < -0.3 is 14.2 Å². The van der Waals surface area contributed by atoms with E-state index in [0.717, 1.165) is 25.7 Å². The molecule has 1 aliphatic heterocycles. The van der Waals surface area contributed by atoms with Gasteiger partial charge in [-0.15, -0.1) is 0 Å². The molecule has 18 heavy (non-hydrogen) atoms. The summed E-state index contributed by atoms with van der Waals surface area (Å²) in [6.07, 6.45) is 4.21. The van der Waals surface area contributed by atoms with E-state index < -0.39 is 5.79 Å². The highest BCUT2D eigenvalue weighted by molar-refractivity contribution is 5.73. The first-order valence-corrected chi connectivity index (χ1v) is 6.98. The van der Waals surface area contributed by atoms with Crippen LogP contribution in [0.5, 0.6) is 0 Å². The Morgan fingerprint density at radius 3 is 2.67 bits per heavy atom. The Kier molecular flexibility index (Phi) is 6.09. The Bertz CT molecular complexity index is 263. The molecule has 106 valence electrons. The number of carbonyl (C=O) groups excluding carboxylic acids is 1. The van der Waals surface area contributed by atoms with Gasteiger partial charge in [-0.25, -0.2) is 0 Å². The number of carbonyl (C=O) groups is 1. The molecule has 0 aliphatic carbocycles. The second-order valence-corrected chi connectivity index (χ2v) is 5.22. The minimum absolute atomic E-state index is 0.0839. The van der Waals surface area contributed by atoms with Crippen molar-refractivity contribution in [1.29, 1.82) is 0 Å². The minimum atomic E-state index is -0.597. The van der Waals surface area contributed by atoms with Gasteiger partial charge in [-0.2, -0.15) is 0 Å². The summed E-state index contributed by atoms with van der Waals surface area (Å²) in [5.74, 6) is -1.08. The Morgan fingerprint density at radius 1 is 1.33 bits per heavy atom. The van der Waals surface area contributed by atoms with E-state index in [1.807, 2.05) is 20.8 Å². The van der Waals surface area contributed by atoms with Crippen molar-refractivity contribution in [2.75, 3.05) is 13.2 Å². The van der Waals surface area contributed by atoms with Crippen molar-refractivity contribution >= 4 is 5.97 Å². The van der Waals surface area contributed by atoms with Crippen molar-refractivity contribution in [2.24, 2.45) is 5.92 Å². The van der Waals surface area contributed by atoms with Gasteiger partial charge in [0.05, 0.1) is 19.3 Å². The predicted molar refractivity (Wildman–Crippen MR) is 69.2 cm³/mol. The molecule has 1 saturated heterocycles. The summed E-state index contributed by atoms with van der Waals surface area (Å²) in [6.45, 7) is 8.56. The van der Waals surface area contributed by atoms with Gasteiger partial charge in [-0.05, 0) is 27.2 Å². The molecule has 0 radical (unpaired) electrons. The summed E-state index contributed by atoms with van der Waals surface area (Å²) in [7, 11) is 0. The number of rotatable bonds is 6. The molecule has 1 heterocycles. The van der Waals surface area contributed by atoms with E-state index in [4.69, 9.17) is 14.2 Å². The second-order valence-electron chi connectivity index (χ2n) is 5.22. The first-order chi connectivity index (χ1) is 8.50. The van der Waals surface area contributed by atoms with Gasteiger partial charge in [0, 0.05) is 0 Å². The molecule has 1 fully saturated rings. The molecule has 0 spiro atoms. The molecule has 0 aromatic heterocycles. The summed E-state index contributed by atoms with van der Waals surface area (Å²) in [5, 5.41) is 0. The largest absolute Gasteiger partial charge is 0.466 e. The number of unbranched alkanes of at least 4 members (excludes halogenated alkanes) is 2. The van der Waals surface area contributed by atoms with Crippen LogP contribution in [0.25, 0.3) is 0 Å². The maximum atomic E-state index is 11.9. The fraction of sp³-hybridized carbons (Fsp3) is 0.929. The highest BCUT2D eigenvalue weighted by atomic mass is 16.7. The van der Waals surface area contributed by atoms with Gasteiger partial charge in [0.2, 0.25) is 0 Å². The Balaban J connectivity index is 2.59. The molecular formula is C14H26O4. The zero-order valence-electron chi connectivity index (χ0n) is 12.0. The van der Waals surface area contributed by atoms with Crippen LogP contribution in [0, 0.1) is 5.92 Å². The van der Waals surface area contributed by atoms with Crippen molar-refractivity contribution in [2.45, 2.75) is 65.3 Å². The van der Waals surface area contributed by atoms with E-state index in [0.29, 0.717) is 13.2 Å². The van der Waals surface area contributed by atoms with Gasteiger partial charge in [0.15, 0.2) is 5.79 Å². The zero-order chi connectivity index (χ0) is 13.6. The monoisotopic (exact) mass is 258 g/mol. The van der Waals surface area contributed by atoms with Crippen LogP contribution in [0.15, 0.2) is 0 Å². The van der Waals surface area contributed by atoms with Gasteiger partial charge in [0.25, 0.3) is 0 Å². The van der Waals surface area contributed by atoms with Crippen molar-refractivity contribution in [3.05, 3.63) is 0 Å². The Morgan fingerprint density at radius 2 is 2.06 bits per heavy atom. The molecule has 2 atom stereocenters. The van der Waals surface area contributed by atoms with Crippen molar-refractivity contribution in [3.63, 3.8) is 0 Å². The van der Waals surface area contributed by atoms with Crippen LogP contribution in [0.2, 0.25) is 0 Å². The molecule has 4 heteroatoms. The van der Waals surface area contributed by atoms with Crippen molar-refractivity contribution in [3.8, 4) is 0 Å². The Labute approximate surface area is 110 Å². The molecule has 4 nitrogen and oxygen atoms in total. The smallest absolute Gasteiger partial charge is 0.313 e. The van der Waals surface area contributed by atoms with Crippen LogP contribution >= 0.6 is 0 Å². The number of hydrogen-bond donors (Lipinski definition) is 0. The van der Waals surface area contributed by atoms with Crippen molar-refractivity contribution in [1.82, 2.24) is 0 Å². The van der Waals surface area contributed by atoms with Gasteiger partial charge in [-0.3, -0.25) is 4.79 Å². The number of hydrogen-bond acceptors (Lipinski definition) is 4. The third-order valence-corrected chi connectivity index (χ3v) is 3.18. The van der Waals surface area contributed by atoms with Crippen LogP contribution in [0.1, 0.15) is 53.4 Å². The van der Waals surface area contributed by atoms with Crippen LogP contribution in [-0.4, -0.2) is 31.1 Å². The molecule has 0 saturated carbocycles. The summed E-state index contributed by atoms with van der Waals surface area (Å²) >= 11 is 0. The average Bonchev–Trinajstić information content (AvgIpc) is 2.28. The van der Waals surface area contributed by atoms with Crippen LogP contribution in [0.3, 0.4) is 0 Å². The molecule has 0 aromatic rings. The third kappa shape index (κ3) is 4.58. The summed E-state index contributed by atoms with van der Waals surface area (Å²) in [4.78, 5) is 11.9. The van der Waals surface area contributed by atoms with E-state index in [9.17, 15) is 4.79 Å². The van der Waals surface area contributed by atoms with E-state index in [-0.39, 0.29) is 18.0 Å². The topological polar surface area (TPSA) is 44.8 Å². The molecule has 0 aromatic carbocycles. The van der Waals surface area contributed by atoms with E-state index in [1.165, 1.54) is 0 Å². The average molecular weight is 258 g/mol. The van der Waals surface area contributed by atoms with Crippen LogP contribution in [-0.2, 0) is 19.0 Å². The van der Waals surface area contributed by atoms with Crippen LogP contribution in [0.4, 0.5) is 0 Å². The molecule has 0 bridgehead atoms. The van der Waals surface area contributed by atoms with E-state index in [1.54, 1.807) is 0 Å². The quantitative estimate of drug-likeness (QED) is 0.543. The van der Waals surface area contributed by atoms with Gasteiger partial charge in [0.1, 0.15) is 5.92 Å². The van der Waals surface area contributed by atoms with Gasteiger partial charge >= 0.3 is 5.97 Å². The maximum absolute atomic E-state index is 11.9. The lowest BCUT2D eigenvalue weighted by molar-refractivity contribution is -0.292. The summed E-state index contributed by atoms with van der Waals surface area (Å²) in [6, 6.07) is 0. The number of ether oxygens (including phenoxy) is 3. The molecule has 0 N–H and O–H groups in total. The highest BCUT2D eigenvalue weighted by Gasteiger charge is 2.40. The standard InChI is InChI=1S/C14H26O4/c1-5-7-8-9-12-11(13(15)16-6-2)10-17-14(3,4)18-12/h11-12H,5-10H2,1-4H3/t11-,12-/m1/s1. The van der Waals surface area contributed by atoms with Gasteiger partial charge in [-0.1, -0.05) is 26.2 Å². The van der Waals surface area contributed by atoms with E-state index >= 15 is 0 Å². The van der Waals surface area contributed by atoms with Crippen molar-refractivity contribution < 1.29 is 19.0 Å². The second kappa shape index (κ2) is 7.10. The highest BCUT2D eigenvalue weighted by Crippen LogP contribution is 2.30. The Hall–Kier alpha value is -0.610. The zero-order valence-corrected chi connectivity index (χ0v) is 12.0. The normalized spacial score (nSPS) is 26.9. The third-order valence-electron chi connectivity index (χ3n) is 3.18. The number of esters is 1. The molecule has 0 amide bonds. The van der Waals surface area contributed by atoms with E-state index in [2.05, 4.69) is 6.92 Å².